The van der Waals surface area contributed by atoms with Gasteiger partial charge >= 0.3 is 5.69 Å². The summed E-state index contributed by atoms with van der Waals surface area (Å²) in [5.41, 5.74) is -0.477. The topological polar surface area (TPSA) is 73.1 Å². The van der Waals surface area contributed by atoms with Crippen molar-refractivity contribution < 1.29 is 9.18 Å². The van der Waals surface area contributed by atoms with Gasteiger partial charge in [0.25, 0.3) is 5.56 Å². The monoisotopic (exact) mass is 453 g/mol. The Bertz CT molecular complexity index is 1130. The highest BCUT2D eigenvalue weighted by Gasteiger charge is 2.17. The summed E-state index contributed by atoms with van der Waals surface area (Å²) < 4.78 is 17.3. The molecule has 0 saturated carbocycles. The van der Waals surface area contributed by atoms with E-state index in [1.807, 2.05) is 13.8 Å². The van der Waals surface area contributed by atoms with E-state index in [4.69, 9.17) is 0 Å². The van der Waals surface area contributed by atoms with Crippen molar-refractivity contribution in [2.45, 2.75) is 26.9 Å². The molecule has 0 radical (unpaired) electrons. The van der Waals surface area contributed by atoms with Gasteiger partial charge in [-0.25, -0.2) is 9.18 Å². The molecule has 3 aromatic rings. The third-order valence-electron chi connectivity index (χ3n) is 3.89. The van der Waals surface area contributed by atoms with E-state index < -0.39 is 17.4 Å². The quantitative estimate of drug-likeness (QED) is 0.642. The highest BCUT2D eigenvalue weighted by molar-refractivity contribution is 9.10. The second kappa shape index (κ2) is 7.77. The second-order valence-electron chi connectivity index (χ2n) is 6.49. The predicted molar refractivity (Wildman–Crippen MR) is 108 cm³/mol. The SMILES string of the molecule is CC(C)Cn1c(=O)c2sccc2n(CC(=O)Nc2ccc(Br)cc2F)c1=O. The molecule has 9 heteroatoms. The van der Waals surface area contributed by atoms with Crippen LogP contribution in [0.4, 0.5) is 10.1 Å². The van der Waals surface area contributed by atoms with Gasteiger partial charge in [0, 0.05) is 11.0 Å². The Kier molecular flexibility index (Phi) is 5.61. The first kappa shape index (κ1) is 19.5. The highest BCUT2D eigenvalue weighted by Crippen LogP contribution is 2.20. The number of nitrogens with zero attached hydrogens (tertiary/aromatic N) is 2. The first-order valence-electron chi connectivity index (χ1n) is 8.23. The Labute approximate surface area is 166 Å². The van der Waals surface area contributed by atoms with Crippen molar-refractivity contribution in [2.24, 2.45) is 5.92 Å². The Morgan fingerprint density at radius 1 is 1.26 bits per heavy atom. The molecular weight excluding hydrogens is 437 g/mol. The molecule has 2 heterocycles. The lowest BCUT2D eigenvalue weighted by Gasteiger charge is -2.14. The van der Waals surface area contributed by atoms with Gasteiger partial charge in [0.2, 0.25) is 5.91 Å². The second-order valence-corrected chi connectivity index (χ2v) is 8.32. The maximum absolute atomic E-state index is 13.9. The van der Waals surface area contributed by atoms with Crippen LogP contribution < -0.4 is 16.6 Å². The van der Waals surface area contributed by atoms with Crippen molar-refractivity contribution in [3.8, 4) is 0 Å². The number of hydrogen-bond acceptors (Lipinski definition) is 4. The van der Waals surface area contributed by atoms with E-state index in [2.05, 4.69) is 21.2 Å². The van der Waals surface area contributed by atoms with Crippen LogP contribution in [0.5, 0.6) is 0 Å². The van der Waals surface area contributed by atoms with Crippen LogP contribution in [0.15, 0.2) is 43.7 Å². The summed E-state index contributed by atoms with van der Waals surface area (Å²) in [7, 11) is 0. The molecule has 3 rings (SSSR count). The Morgan fingerprint density at radius 3 is 2.67 bits per heavy atom. The molecule has 1 aromatic carbocycles. The minimum absolute atomic E-state index is 0.0216. The van der Waals surface area contributed by atoms with Gasteiger partial charge in [0.15, 0.2) is 0 Å². The number of benzene rings is 1. The van der Waals surface area contributed by atoms with Gasteiger partial charge in [-0.05, 0) is 35.6 Å². The Morgan fingerprint density at radius 2 is 2.00 bits per heavy atom. The van der Waals surface area contributed by atoms with Crippen molar-refractivity contribution >= 4 is 49.1 Å². The van der Waals surface area contributed by atoms with Gasteiger partial charge in [0.05, 0.1) is 11.2 Å². The number of nitrogens with one attached hydrogen (secondary N) is 1. The molecular formula is C18H17BrFN3O3S. The molecule has 2 aromatic heterocycles. The van der Waals surface area contributed by atoms with Crippen molar-refractivity contribution in [1.82, 2.24) is 9.13 Å². The molecule has 1 N–H and O–H groups in total. The first-order valence-corrected chi connectivity index (χ1v) is 9.91. The van der Waals surface area contributed by atoms with Crippen LogP contribution in [0.1, 0.15) is 13.8 Å². The molecule has 0 bridgehead atoms. The summed E-state index contributed by atoms with van der Waals surface area (Å²) in [5.74, 6) is -1.05. The number of thiophene rings is 1. The smallest absolute Gasteiger partial charge is 0.322 e. The molecule has 1 amide bonds. The summed E-state index contributed by atoms with van der Waals surface area (Å²) in [6.07, 6.45) is 0. The van der Waals surface area contributed by atoms with E-state index in [0.29, 0.717) is 14.7 Å². The maximum atomic E-state index is 13.9. The number of carbonyl (C=O) groups excluding carboxylic acids is 1. The average Bonchev–Trinajstić information content (AvgIpc) is 3.07. The zero-order valence-corrected chi connectivity index (χ0v) is 17.1. The van der Waals surface area contributed by atoms with Crippen molar-refractivity contribution in [3.63, 3.8) is 0 Å². The van der Waals surface area contributed by atoms with Gasteiger partial charge in [-0.1, -0.05) is 29.8 Å². The number of fused-ring (bicyclic) bond motifs is 1. The van der Waals surface area contributed by atoms with Gasteiger partial charge in [-0.2, -0.15) is 0 Å². The number of carbonyl (C=O) groups is 1. The van der Waals surface area contributed by atoms with E-state index >= 15 is 0 Å². The third-order valence-corrected chi connectivity index (χ3v) is 5.28. The van der Waals surface area contributed by atoms with Gasteiger partial charge in [-0.15, -0.1) is 11.3 Å². The van der Waals surface area contributed by atoms with Crippen LogP contribution in [0.2, 0.25) is 0 Å². The number of hydrogen-bond donors (Lipinski definition) is 1. The molecule has 6 nitrogen and oxygen atoms in total. The Balaban J connectivity index is 1.98. The number of rotatable bonds is 5. The molecule has 0 aliphatic rings. The maximum Gasteiger partial charge on any atom is 0.332 e. The minimum Gasteiger partial charge on any atom is -0.322 e. The summed E-state index contributed by atoms with van der Waals surface area (Å²) in [6.45, 7) is 3.74. The zero-order chi connectivity index (χ0) is 19.7. The summed E-state index contributed by atoms with van der Waals surface area (Å²) in [4.78, 5) is 37.8. The lowest BCUT2D eigenvalue weighted by molar-refractivity contribution is -0.116. The number of halogens is 2. The number of amides is 1. The standard InChI is InChI=1S/C18H17BrFN3O3S/c1-10(2)8-23-17(25)16-14(5-6-27-16)22(18(23)26)9-15(24)21-13-4-3-11(19)7-12(13)20/h3-7,10H,8-9H2,1-2H3,(H,21,24). The van der Waals surface area contributed by atoms with Crippen LogP contribution in [0, 0.1) is 11.7 Å². The van der Waals surface area contributed by atoms with Gasteiger partial charge in [0.1, 0.15) is 17.1 Å². The number of anilines is 1. The van der Waals surface area contributed by atoms with Crippen LogP contribution in [-0.4, -0.2) is 15.0 Å². The van der Waals surface area contributed by atoms with Gasteiger partial charge in [-0.3, -0.25) is 18.7 Å². The molecule has 0 aliphatic heterocycles. The van der Waals surface area contributed by atoms with Crippen LogP contribution in [0.3, 0.4) is 0 Å². The highest BCUT2D eigenvalue weighted by atomic mass is 79.9. The molecule has 0 fully saturated rings. The van der Waals surface area contributed by atoms with Crippen molar-refractivity contribution in [1.29, 1.82) is 0 Å². The average molecular weight is 454 g/mol. The predicted octanol–water partition coefficient (Wildman–Crippen LogP) is 3.42. The fourth-order valence-electron chi connectivity index (χ4n) is 2.74. The van der Waals surface area contributed by atoms with E-state index in [9.17, 15) is 18.8 Å². The van der Waals surface area contributed by atoms with E-state index in [0.717, 1.165) is 4.57 Å². The summed E-state index contributed by atoms with van der Waals surface area (Å²) in [5, 5.41) is 4.17. The fourth-order valence-corrected chi connectivity index (χ4v) is 3.91. The van der Waals surface area contributed by atoms with Crippen LogP contribution in [-0.2, 0) is 17.9 Å². The van der Waals surface area contributed by atoms with Crippen molar-refractivity contribution in [3.05, 3.63) is 60.8 Å². The molecule has 0 spiro atoms. The van der Waals surface area contributed by atoms with Crippen LogP contribution >= 0.6 is 27.3 Å². The lowest BCUT2D eigenvalue weighted by Crippen LogP contribution is -2.42. The fraction of sp³-hybridized carbons (Fsp3) is 0.278. The minimum atomic E-state index is -0.587. The normalized spacial score (nSPS) is 11.3. The zero-order valence-electron chi connectivity index (χ0n) is 14.7. The number of aromatic nitrogens is 2. The largest absolute Gasteiger partial charge is 0.332 e. The van der Waals surface area contributed by atoms with Gasteiger partial charge < -0.3 is 5.32 Å². The molecule has 0 atom stereocenters. The van der Waals surface area contributed by atoms with Crippen LogP contribution in [0.25, 0.3) is 10.2 Å². The molecule has 27 heavy (non-hydrogen) atoms. The summed E-state index contributed by atoms with van der Waals surface area (Å²) in [6, 6.07) is 5.91. The summed E-state index contributed by atoms with van der Waals surface area (Å²) >= 11 is 4.38. The third kappa shape index (κ3) is 4.03. The molecule has 0 saturated heterocycles. The first-order chi connectivity index (χ1) is 12.8. The van der Waals surface area contributed by atoms with E-state index in [-0.39, 0.29) is 30.3 Å². The molecule has 0 unspecified atom stereocenters. The van der Waals surface area contributed by atoms with E-state index in [1.165, 1.54) is 28.0 Å². The molecule has 0 aliphatic carbocycles. The molecule has 142 valence electrons. The van der Waals surface area contributed by atoms with Crippen molar-refractivity contribution in [2.75, 3.05) is 5.32 Å². The lowest BCUT2D eigenvalue weighted by atomic mass is 10.2. The Hall–Kier alpha value is -2.26. The van der Waals surface area contributed by atoms with E-state index in [1.54, 1.807) is 17.5 Å².